The summed E-state index contributed by atoms with van der Waals surface area (Å²) >= 11 is 0. The van der Waals surface area contributed by atoms with E-state index >= 15 is 0 Å². The maximum atomic E-state index is 11.8. The summed E-state index contributed by atoms with van der Waals surface area (Å²) in [5, 5.41) is 20.7. The fourth-order valence-corrected chi connectivity index (χ4v) is 1.27. The van der Waals surface area contributed by atoms with E-state index in [9.17, 15) is 4.79 Å². The molecule has 0 spiro atoms. The maximum absolute atomic E-state index is 11.8. The van der Waals surface area contributed by atoms with Gasteiger partial charge in [0.15, 0.2) is 0 Å². The van der Waals surface area contributed by atoms with Crippen molar-refractivity contribution in [1.29, 1.82) is 0 Å². The van der Waals surface area contributed by atoms with Crippen molar-refractivity contribution in [2.24, 2.45) is 5.73 Å². The number of hydrogen-bond acceptors (Lipinski definition) is 4. The van der Waals surface area contributed by atoms with Crippen LogP contribution in [0.3, 0.4) is 0 Å². The summed E-state index contributed by atoms with van der Waals surface area (Å²) in [7, 11) is 0. The minimum atomic E-state index is -1.01. The Morgan fingerprint density at radius 3 is 2.24 bits per heavy atom. The summed E-state index contributed by atoms with van der Waals surface area (Å²) < 4.78 is 0. The molecule has 0 saturated carbocycles. The van der Waals surface area contributed by atoms with Gasteiger partial charge in [-0.05, 0) is 24.6 Å². The summed E-state index contributed by atoms with van der Waals surface area (Å²) in [4.78, 5) is 11.8. The van der Waals surface area contributed by atoms with E-state index < -0.39 is 5.54 Å². The zero-order valence-electron chi connectivity index (χ0n) is 9.81. The van der Waals surface area contributed by atoms with Crippen molar-refractivity contribution < 1.29 is 15.0 Å². The Morgan fingerprint density at radius 1 is 1.29 bits per heavy atom. The highest BCUT2D eigenvalue weighted by Gasteiger charge is 2.24. The van der Waals surface area contributed by atoms with Gasteiger partial charge in [-0.25, -0.2) is 0 Å². The van der Waals surface area contributed by atoms with Crippen molar-refractivity contribution in [3.05, 3.63) is 35.4 Å². The molecule has 0 saturated heterocycles. The molecule has 0 aliphatic carbocycles. The molecule has 0 aliphatic rings. The van der Waals surface area contributed by atoms with E-state index in [-0.39, 0.29) is 19.1 Å². The predicted molar refractivity (Wildman–Crippen MR) is 64.4 cm³/mol. The lowest BCUT2D eigenvalue weighted by Crippen LogP contribution is -2.51. The summed E-state index contributed by atoms with van der Waals surface area (Å²) in [6.07, 6.45) is 0. The molecule has 0 bridgehead atoms. The Labute approximate surface area is 100 Å². The van der Waals surface area contributed by atoms with Crippen molar-refractivity contribution in [3.63, 3.8) is 0 Å². The zero-order valence-corrected chi connectivity index (χ0v) is 9.81. The quantitative estimate of drug-likeness (QED) is 0.562. The second-order valence-electron chi connectivity index (χ2n) is 4.23. The van der Waals surface area contributed by atoms with Gasteiger partial charge < -0.3 is 21.3 Å². The van der Waals surface area contributed by atoms with Gasteiger partial charge in [0.1, 0.15) is 0 Å². The van der Waals surface area contributed by atoms with Crippen LogP contribution in [0, 0.1) is 0 Å². The smallest absolute Gasteiger partial charge is 0.251 e. The van der Waals surface area contributed by atoms with Gasteiger partial charge in [0.2, 0.25) is 0 Å². The van der Waals surface area contributed by atoms with Crippen molar-refractivity contribution >= 4 is 5.91 Å². The largest absolute Gasteiger partial charge is 0.394 e. The summed E-state index contributed by atoms with van der Waals surface area (Å²) in [5.41, 5.74) is 5.85. The van der Waals surface area contributed by atoms with Crippen LogP contribution in [0.15, 0.2) is 24.3 Å². The highest BCUT2D eigenvalue weighted by Crippen LogP contribution is 2.07. The molecule has 0 atom stereocenters. The van der Waals surface area contributed by atoms with E-state index in [4.69, 9.17) is 15.9 Å². The van der Waals surface area contributed by atoms with Gasteiger partial charge in [-0.2, -0.15) is 0 Å². The molecular weight excluding hydrogens is 220 g/mol. The van der Waals surface area contributed by atoms with Crippen molar-refractivity contribution in [2.75, 3.05) is 13.2 Å². The van der Waals surface area contributed by atoms with Gasteiger partial charge in [-0.1, -0.05) is 12.1 Å². The number of aliphatic hydroxyl groups is 2. The van der Waals surface area contributed by atoms with E-state index in [1.54, 1.807) is 31.2 Å². The molecule has 94 valence electrons. The number of benzene rings is 1. The Morgan fingerprint density at radius 2 is 1.82 bits per heavy atom. The molecule has 5 N–H and O–H groups in total. The fraction of sp³-hybridized carbons (Fsp3) is 0.417. The SMILES string of the molecule is CC(CO)(CO)NC(=O)c1ccc(CN)cc1. The minimum Gasteiger partial charge on any atom is -0.394 e. The molecular formula is C12H18N2O3. The molecule has 1 aromatic carbocycles. The summed E-state index contributed by atoms with van der Waals surface area (Å²) in [5.74, 6) is -0.334. The fourth-order valence-electron chi connectivity index (χ4n) is 1.27. The number of nitrogens with two attached hydrogens (primary N) is 1. The maximum Gasteiger partial charge on any atom is 0.251 e. The number of hydrogen-bond donors (Lipinski definition) is 4. The van der Waals surface area contributed by atoms with Crippen LogP contribution in [0.2, 0.25) is 0 Å². The minimum absolute atomic E-state index is 0.323. The number of nitrogens with one attached hydrogen (secondary N) is 1. The van der Waals surface area contributed by atoms with Gasteiger partial charge in [-0.15, -0.1) is 0 Å². The van der Waals surface area contributed by atoms with Crippen molar-refractivity contribution in [3.8, 4) is 0 Å². The summed E-state index contributed by atoms with van der Waals surface area (Å²) in [6.45, 7) is 1.35. The highest BCUT2D eigenvalue weighted by atomic mass is 16.3. The Hall–Kier alpha value is -1.43. The van der Waals surface area contributed by atoms with Crippen LogP contribution in [0.1, 0.15) is 22.8 Å². The second-order valence-corrected chi connectivity index (χ2v) is 4.23. The number of amides is 1. The second kappa shape index (κ2) is 5.77. The third kappa shape index (κ3) is 3.52. The van der Waals surface area contributed by atoms with Crippen LogP contribution in [0.5, 0.6) is 0 Å². The molecule has 0 fully saturated rings. The Kier molecular flexibility index (Phi) is 4.62. The van der Waals surface area contributed by atoms with Crippen LogP contribution >= 0.6 is 0 Å². The third-order valence-electron chi connectivity index (χ3n) is 2.57. The van der Waals surface area contributed by atoms with Crippen LogP contribution in [-0.4, -0.2) is 34.9 Å². The van der Waals surface area contributed by atoms with Gasteiger partial charge in [0.25, 0.3) is 5.91 Å². The Bertz CT molecular complexity index is 372. The van der Waals surface area contributed by atoms with Crippen LogP contribution < -0.4 is 11.1 Å². The van der Waals surface area contributed by atoms with Crippen LogP contribution in [0.4, 0.5) is 0 Å². The van der Waals surface area contributed by atoms with E-state index in [1.807, 2.05) is 0 Å². The predicted octanol–water partition coefficient (Wildman–Crippen LogP) is -0.382. The van der Waals surface area contributed by atoms with Crippen LogP contribution in [0.25, 0.3) is 0 Å². The van der Waals surface area contributed by atoms with E-state index in [2.05, 4.69) is 5.32 Å². The van der Waals surface area contributed by atoms with E-state index in [1.165, 1.54) is 0 Å². The van der Waals surface area contributed by atoms with Gasteiger partial charge >= 0.3 is 0 Å². The third-order valence-corrected chi connectivity index (χ3v) is 2.57. The van der Waals surface area contributed by atoms with E-state index in [0.29, 0.717) is 12.1 Å². The van der Waals surface area contributed by atoms with Gasteiger partial charge in [0.05, 0.1) is 18.8 Å². The van der Waals surface area contributed by atoms with Gasteiger partial charge in [-0.3, -0.25) is 4.79 Å². The topological polar surface area (TPSA) is 95.6 Å². The van der Waals surface area contributed by atoms with Gasteiger partial charge in [0, 0.05) is 12.1 Å². The normalized spacial score (nSPS) is 11.3. The molecule has 0 unspecified atom stereocenters. The molecule has 0 aromatic heterocycles. The number of carbonyl (C=O) groups excluding carboxylic acids is 1. The standard InChI is InChI=1S/C12H18N2O3/c1-12(7-15,8-16)14-11(17)10-4-2-9(6-13)3-5-10/h2-5,15-16H,6-8,13H2,1H3,(H,14,17). The Balaban J connectivity index is 2.75. The lowest BCUT2D eigenvalue weighted by Gasteiger charge is -2.26. The van der Waals surface area contributed by atoms with Crippen molar-refractivity contribution in [2.45, 2.75) is 19.0 Å². The first-order valence-corrected chi connectivity index (χ1v) is 5.38. The lowest BCUT2D eigenvalue weighted by atomic mass is 10.0. The monoisotopic (exact) mass is 238 g/mol. The van der Waals surface area contributed by atoms with Crippen molar-refractivity contribution in [1.82, 2.24) is 5.32 Å². The molecule has 1 amide bonds. The zero-order chi connectivity index (χ0) is 12.9. The molecule has 1 aromatic rings. The highest BCUT2D eigenvalue weighted by molar-refractivity contribution is 5.94. The molecule has 0 heterocycles. The number of rotatable bonds is 5. The first-order valence-electron chi connectivity index (χ1n) is 5.38. The number of aliphatic hydroxyl groups excluding tert-OH is 2. The van der Waals surface area contributed by atoms with Crippen LogP contribution in [-0.2, 0) is 6.54 Å². The molecule has 0 radical (unpaired) electrons. The lowest BCUT2D eigenvalue weighted by molar-refractivity contribution is 0.0724. The number of carbonyl (C=O) groups is 1. The first kappa shape index (κ1) is 13.6. The molecule has 5 heteroatoms. The molecule has 1 rings (SSSR count). The molecule has 17 heavy (non-hydrogen) atoms. The average molecular weight is 238 g/mol. The average Bonchev–Trinajstić information content (AvgIpc) is 2.38. The van der Waals surface area contributed by atoms with E-state index in [0.717, 1.165) is 5.56 Å². The summed E-state index contributed by atoms with van der Waals surface area (Å²) in [6, 6.07) is 6.85. The first-order chi connectivity index (χ1) is 8.04. The molecule has 5 nitrogen and oxygen atoms in total. The molecule has 0 aliphatic heterocycles.